The van der Waals surface area contributed by atoms with E-state index >= 15 is 0 Å². The fourth-order valence-electron chi connectivity index (χ4n) is 1.36. The molecule has 0 atom stereocenters. The van der Waals surface area contributed by atoms with Crippen molar-refractivity contribution >= 4 is 12.1 Å². The van der Waals surface area contributed by atoms with Gasteiger partial charge in [0.05, 0.1) is 17.0 Å². The van der Waals surface area contributed by atoms with Crippen molar-refractivity contribution in [3.63, 3.8) is 0 Å². The van der Waals surface area contributed by atoms with E-state index in [-0.39, 0.29) is 12.1 Å². The van der Waals surface area contributed by atoms with Crippen LogP contribution in [0.25, 0.3) is 11.1 Å². The van der Waals surface area contributed by atoms with Gasteiger partial charge in [0.2, 0.25) is 0 Å². The second-order valence-corrected chi connectivity index (χ2v) is 3.98. The van der Waals surface area contributed by atoms with Crippen LogP contribution in [0.15, 0.2) is 47.6 Å². The van der Waals surface area contributed by atoms with Crippen LogP contribution in [-0.4, -0.2) is 4.98 Å². The zero-order valence-corrected chi connectivity index (χ0v) is 9.09. The second kappa shape index (κ2) is 4.45. The Balaban J connectivity index is 2.40. The van der Waals surface area contributed by atoms with Gasteiger partial charge in [-0.2, -0.15) is 3.89 Å². The number of hydrogen-bond acceptors (Lipinski definition) is 2. The minimum absolute atomic E-state index is 0.218. The van der Waals surface area contributed by atoms with Crippen LogP contribution in [0, 0.1) is 6.92 Å². The molecule has 0 saturated heterocycles. The third-order valence-corrected chi connectivity index (χ3v) is 2.59. The first-order valence-corrected chi connectivity index (χ1v) is 5.32. The van der Waals surface area contributed by atoms with Crippen molar-refractivity contribution in [1.29, 1.82) is 0 Å². The summed E-state index contributed by atoms with van der Waals surface area (Å²) >= 11 is 0.218. The molecule has 3 heteroatoms. The molecule has 1 nitrogen and oxygen atoms in total. The van der Waals surface area contributed by atoms with Gasteiger partial charge in [0, 0.05) is 18.0 Å². The largest absolute Gasteiger partial charge is 0.263 e. The molecule has 0 aliphatic carbocycles. The van der Waals surface area contributed by atoms with Gasteiger partial charge in [-0.05, 0) is 18.6 Å². The van der Waals surface area contributed by atoms with Crippen LogP contribution in [-0.2, 0) is 0 Å². The normalized spacial score (nSPS) is 10.3. The number of rotatable bonds is 2. The molecule has 76 valence electrons. The monoisotopic (exact) mass is 219 g/mol. The maximum Gasteiger partial charge on any atom is 0.0828 e. The highest BCUT2D eigenvalue weighted by molar-refractivity contribution is 7.94. The smallest absolute Gasteiger partial charge is 0.0828 e. The van der Waals surface area contributed by atoms with Crippen molar-refractivity contribution in [3.8, 4) is 11.1 Å². The van der Waals surface area contributed by atoms with Gasteiger partial charge >= 0.3 is 0 Å². The lowest BCUT2D eigenvalue weighted by atomic mass is 10.1. The molecule has 0 N–H and O–H groups in total. The van der Waals surface area contributed by atoms with E-state index in [1.807, 2.05) is 31.2 Å². The quantitative estimate of drug-likeness (QED) is 0.756. The molecule has 2 aromatic rings. The highest BCUT2D eigenvalue weighted by atomic mass is 32.2. The molecule has 1 heterocycles. The van der Waals surface area contributed by atoms with Crippen LogP contribution in [0.5, 0.6) is 0 Å². The predicted octanol–water partition coefficient (Wildman–Crippen LogP) is 4.03. The molecule has 0 spiro atoms. The first-order valence-electron chi connectivity index (χ1n) is 4.60. The summed E-state index contributed by atoms with van der Waals surface area (Å²) in [5, 5.41) is 0. The molecule has 0 radical (unpaired) electrons. The highest BCUT2D eigenvalue weighted by Gasteiger charge is 2.00. The Morgan fingerprint density at radius 2 is 1.80 bits per heavy atom. The van der Waals surface area contributed by atoms with Crippen LogP contribution in [0.3, 0.4) is 0 Å². The molecular formula is C12H10FNS. The molecule has 1 aromatic heterocycles. The van der Waals surface area contributed by atoms with E-state index in [2.05, 4.69) is 4.98 Å². The molecule has 0 bridgehead atoms. The van der Waals surface area contributed by atoms with E-state index in [1.165, 1.54) is 11.8 Å². The summed E-state index contributed by atoms with van der Waals surface area (Å²) in [7, 11) is 0. The predicted molar refractivity (Wildman–Crippen MR) is 61.4 cm³/mol. The Kier molecular flexibility index (Phi) is 3.02. The molecule has 0 aliphatic rings. The van der Waals surface area contributed by atoms with Crippen molar-refractivity contribution in [2.24, 2.45) is 0 Å². The van der Waals surface area contributed by atoms with Crippen LogP contribution in [0.2, 0.25) is 0 Å². The van der Waals surface area contributed by atoms with E-state index < -0.39 is 0 Å². The third kappa shape index (κ3) is 2.36. The SMILES string of the molecule is Cc1ccc(-c2cncc(SF)c2)cc1. The van der Waals surface area contributed by atoms with Crippen molar-refractivity contribution in [1.82, 2.24) is 4.98 Å². The van der Waals surface area contributed by atoms with Crippen molar-refractivity contribution in [2.45, 2.75) is 11.8 Å². The van der Waals surface area contributed by atoms with Crippen LogP contribution in [0.4, 0.5) is 3.89 Å². The Morgan fingerprint density at radius 1 is 1.07 bits per heavy atom. The fraction of sp³-hybridized carbons (Fsp3) is 0.0833. The lowest BCUT2D eigenvalue weighted by Gasteiger charge is -2.02. The standard InChI is InChI=1S/C12H10FNS/c1-9-2-4-10(5-3-9)11-6-12(15-13)8-14-7-11/h2-8H,1H3. The first kappa shape index (κ1) is 10.2. The molecule has 0 unspecified atom stereocenters. The van der Waals surface area contributed by atoms with Crippen molar-refractivity contribution < 1.29 is 3.89 Å². The Labute approximate surface area is 92.7 Å². The van der Waals surface area contributed by atoms with E-state index in [0.717, 1.165) is 11.1 Å². The average Bonchev–Trinajstić information content (AvgIpc) is 2.30. The summed E-state index contributed by atoms with van der Waals surface area (Å²) in [6, 6.07) is 9.88. The van der Waals surface area contributed by atoms with Crippen molar-refractivity contribution in [3.05, 3.63) is 48.3 Å². The van der Waals surface area contributed by atoms with E-state index in [0.29, 0.717) is 4.90 Å². The number of nitrogens with zero attached hydrogens (tertiary/aromatic N) is 1. The lowest BCUT2D eigenvalue weighted by Crippen LogP contribution is -1.81. The van der Waals surface area contributed by atoms with Gasteiger partial charge in [-0.25, -0.2) is 0 Å². The average molecular weight is 219 g/mol. The number of halogens is 1. The number of aryl methyl sites for hydroxylation is 1. The van der Waals surface area contributed by atoms with Crippen LogP contribution < -0.4 is 0 Å². The van der Waals surface area contributed by atoms with Gasteiger partial charge in [0.25, 0.3) is 0 Å². The minimum atomic E-state index is 0.218. The Bertz CT molecular complexity index is 453. The molecule has 0 fully saturated rings. The van der Waals surface area contributed by atoms with Gasteiger partial charge in [-0.3, -0.25) is 4.98 Å². The maximum atomic E-state index is 12.4. The summed E-state index contributed by atoms with van der Waals surface area (Å²) in [4.78, 5) is 4.53. The Hall–Kier alpha value is -1.35. The minimum Gasteiger partial charge on any atom is -0.263 e. The molecule has 2 rings (SSSR count). The van der Waals surface area contributed by atoms with E-state index in [9.17, 15) is 3.89 Å². The molecular weight excluding hydrogens is 209 g/mol. The molecule has 1 aromatic carbocycles. The fourth-order valence-corrected chi connectivity index (χ4v) is 1.64. The van der Waals surface area contributed by atoms with Gasteiger partial charge in [0.15, 0.2) is 0 Å². The van der Waals surface area contributed by atoms with Crippen molar-refractivity contribution in [2.75, 3.05) is 0 Å². The second-order valence-electron chi connectivity index (χ2n) is 3.35. The van der Waals surface area contributed by atoms with Crippen LogP contribution >= 0.6 is 12.1 Å². The van der Waals surface area contributed by atoms with E-state index in [4.69, 9.17) is 0 Å². The summed E-state index contributed by atoms with van der Waals surface area (Å²) in [5.74, 6) is 0. The summed E-state index contributed by atoms with van der Waals surface area (Å²) in [5.41, 5.74) is 3.21. The zero-order valence-electron chi connectivity index (χ0n) is 8.27. The first-order chi connectivity index (χ1) is 7.29. The summed E-state index contributed by atoms with van der Waals surface area (Å²) < 4.78 is 12.4. The molecule has 0 amide bonds. The maximum absolute atomic E-state index is 12.4. The lowest BCUT2D eigenvalue weighted by molar-refractivity contribution is 0.932. The van der Waals surface area contributed by atoms with Gasteiger partial charge in [0.1, 0.15) is 0 Å². The number of hydrogen-bond donors (Lipinski definition) is 0. The molecule has 15 heavy (non-hydrogen) atoms. The Morgan fingerprint density at radius 3 is 2.47 bits per heavy atom. The third-order valence-electron chi connectivity index (χ3n) is 2.19. The zero-order chi connectivity index (χ0) is 10.7. The summed E-state index contributed by atoms with van der Waals surface area (Å²) in [6.07, 6.45) is 3.26. The number of benzene rings is 1. The van der Waals surface area contributed by atoms with Gasteiger partial charge in [-0.15, -0.1) is 0 Å². The van der Waals surface area contributed by atoms with Gasteiger partial charge < -0.3 is 0 Å². The topological polar surface area (TPSA) is 12.9 Å². The molecule has 0 saturated carbocycles. The van der Waals surface area contributed by atoms with E-state index in [1.54, 1.807) is 12.3 Å². The summed E-state index contributed by atoms with van der Waals surface area (Å²) in [6.45, 7) is 2.04. The number of aromatic nitrogens is 1. The molecule has 0 aliphatic heterocycles. The van der Waals surface area contributed by atoms with Crippen LogP contribution in [0.1, 0.15) is 5.56 Å². The highest BCUT2D eigenvalue weighted by Crippen LogP contribution is 2.24. The van der Waals surface area contributed by atoms with Gasteiger partial charge in [-0.1, -0.05) is 29.8 Å². The number of pyridine rings is 1.